The molecule has 1 saturated heterocycles. The first-order valence-corrected chi connectivity index (χ1v) is 10.3. The van der Waals surface area contributed by atoms with Crippen molar-refractivity contribution < 1.29 is 0 Å². The number of hydrogen-bond acceptors (Lipinski definition) is 3. The Morgan fingerprint density at radius 1 is 1.12 bits per heavy atom. The van der Waals surface area contributed by atoms with Gasteiger partial charge in [-0.1, -0.05) is 26.3 Å². The third kappa shape index (κ3) is 9.15. The molecule has 1 heterocycles. The topological polar surface area (TPSA) is 9.72 Å². The van der Waals surface area contributed by atoms with Crippen molar-refractivity contribution in [3.8, 4) is 0 Å². The molecule has 1 fully saturated rings. The fraction of sp³-hybridized carbons (Fsp3) is 0.727. The lowest BCUT2D eigenvalue weighted by atomic mass is 10.1. The van der Waals surface area contributed by atoms with E-state index >= 15 is 0 Å². The van der Waals surface area contributed by atoms with Crippen LogP contribution in [0.1, 0.15) is 53.4 Å². The van der Waals surface area contributed by atoms with Crippen molar-refractivity contribution in [2.24, 2.45) is 5.92 Å². The summed E-state index contributed by atoms with van der Waals surface area (Å²) in [6.45, 7) is 15.8. The van der Waals surface area contributed by atoms with Crippen LogP contribution in [0.25, 0.3) is 0 Å². The minimum absolute atomic E-state index is 0.784. The summed E-state index contributed by atoms with van der Waals surface area (Å²) >= 11 is 0. The highest BCUT2D eigenvalue weighted by Crippen LogP contribution is 2.15. The van der Waals surface area contributed by atoms with Gasteiger partial charge < -0.3 is 14.7 Å². The molecule has 0 bridgehead atoms. The molecule has 1 unspecified atom stereocenters. The molecular weight excluding hydrogens is 306 g/mol. The SMILES string of the molecule is C\C=C/C(=C\C=C\N(CC)CCN(C)CC(C)CC)N1CCCCC1. The first-order valence-electron chi connectivity index (χ1n) is 10.3. The maximum atomic E-state index is 2.52. The van der Waals surface area contributed by atoms with E-state index in [0.717, 1.165) is 25.6 Å². The van der Waals surface area contributed by atoms with Crippen molar-refractivity contribution in [2.75, 3.05) is 46.3 Å². The second-order valence-corrected chi connectivity index (χ2v) is 7.39. The summed E-state index contributed by atoms with van der Waals surface area (Å²) in [4.78, 5) is 7.39. The van der Waals surface area contributed by atoms with Gasteiger partial charge in [0.2, 0.25) is 0 Å². The van der Waals surface area contributed by atoms with Crippen molar-refractivity contribution in [1.29, 1.82) is 0 Å². The van der Waals surface area contributed by atoms with Crippen LogP contribution in [0.4, 0.5) is 0 Å². The lowest BCUT2D eigenvalue weighted by Crippen LogP contribution is -2.32. The van der Waals surface area contributed by atoms with Gasteiger partial charge in [-0.05, 0) is 70.5 Å². The van der Waals surface area contributed by atoms with Gasteiger partial charge in [0.1, 0.15) is 0 Å². The highest BCUT2D eigenvalue weighted by Gasteiger charge is 2.10. The van der Waals surface area contributed by atoms with Gasteiger partial charge in [-0.2, -0.15) is 0 Å². The molecule has 0 amide bonds. The molecule has 0 aliphatic carbocycles. The first kappa shape index (κ1) is 21.8. The van der Waals surface area contributed by atoms with E-state index in [2.05, 4.69) is 79.9 Å². The number of rotatable bonds is 11. The second kappa shape index (κ2) is 13.0. The lowest BCUT2D eigenvalue weighted by Gasteiger charge is -2.29. The molecule has 0 N–H and O–H groups in total. The Hall–Kier alpha value is -1.22. The van der Waals surface area contributed by atoms with Gasteiger partial charge in [-0.3, -0.25) is 0 Å². The normalized spacial score (nSPS) is 17.8. The molecule has 0 radical (unpaired) electrons. The Labute approximate surface area is 157 Å². The van der Waals surface area contributed by atoms with Gasteiger partial charge in [-0.25, -0.2) is 0 Å². The van der Waals surface area contributed by atoms with Crippen LogP contribution < -0.4 is 0 Å². The van der Waals surface area contributed by atoms with Gasteiger partial charge >= 0.3 is 0 Å². The van der Waals surface area contributed by atoms with E-state index in [-0.39, 0.29) is 0 Å². The number of allylic oxidation sites excluding steroid dienone is 4. The molecular formula is C22H41N3. The number of likely N-dealkylation sites (tertiary alicyclic amines) is 1. The highest BCUT2D eigenvalue weighted by molar-refractivity contribution is 5.22. The average molecular weight is 348 g/mol. The number of piperidine rings is 1. The van der Waals surface area contributed by atoms with E-state index in [1.807, 2.05) is 0 Å². The molecule has 1 aliphatic heterocycles. The standard InChI is InChI=1S/C22H41N3/c1-6-13-22(25-16-10-9-11-17-25)14-12-15-24(8-3)19-18-23(5)20-21(4)7-2/h6,12-15,21H,7-11,16-20H2,1-5H3/b13-6-,15-12+,22-14+. The Kier molecular flexibility index (Phi) is 11.4. The molecule has 1 atom stereocenters. The summed E-state index contributed by atoms with van der Waals surface area (Å²) in [5.74, 6) is 0.784. The largest absolute Gasteiger partial charge is 0.376 e. The maximum absolute atomic E-state index is 2.52. The van der Waals surface area contributed by atoms with Crippen LogP contribution in [-0.4, -0.2) is 61.0 Å². The van der Waals surface area contributed by atoms with Gasteiger partial charge in [0.25, 0.3) is 0 Å². The van der Waals surface area contributed by atoms with Gasteiger partial charge in [0.15, 0.2) is 0 Å². The summed E-state index contributed by atoms with van der Waals surface area (Å²) in [7, 11) is 2.24. The van der Waals surface area contributed by atoms with Crippen LogP contribution in [0.2, 0.25) is 0 Å². The number of likely N-dealkylation sites (N-methyl/N-ethyl adjacent to an activating group) is 2. The summed E-state index contributed by atoms with van der Waals surface area (Å²) in [6, 6.07) is 0. The van der Waals surface area contributed by atoms with Crippen molar-refractivity contribution in [2.45, 2.75) is 53.4 Å². The molecule has 0 aromatic rings. The molecule has 3 heteroatoms. The lowest BCUT2D eigenvalue weighted by molar-refractivity contribution is 0.249. The second-order valence-electron chi connectivity index (χ2n) is 7.39. The maximum Gasteiger partial charge on any atom is 0.0363 e. The third-order valence-corrected chi connectivity index (χ3v) is 5.12. The van der Waals surface area contributed by atoms with Crippen molar-refractivity contribution >= 4 is 0 Å². The number of nitrogens with zero attached hydrogens (tertiary/aromatic N) is 3. The highest BCUT2D eigenvalue weighted by atomic mass is 15.2. The molecule has 1 rings (SSSR count). The molecule has 144 valence electrons. The Morgan fingerprint density at radius 2 is 1.84 bits per heavy atom. The van der Waals surface area contributed by atoms with Crippen LogP contribution >= 0.6 is 0 Å². The molecule has 3 nitrogen and oxygen atoms in total. The molecule has 0 aromatic carbocycles. The molecule has 25 heavy (non-hydrogen) atoms. The fourth-order valence-electron chi connectivity index (χ4n) is 3.24. The van der Waals surface area contributed by atoms with Gasteiger partial charge in [0.05, 0.1) is 0 Å². The molecule has 0 spiro atoms. The van der Waals surface area contributed by atoms with E-state index in [1.165, 1.54) is 51.0 Å². The average Bonchev–Trinajstić information content (AvgIpc) is 2.64. The van der Waals surface area contributed by atoms with Crippen molar-refractivity contribution in [1.82, 2.24) is 14.7 Å². The minimum atomic E-state index is 0.784. The van der Waals surface area contributed by atoms with Crippen LogP contribution in [0.5, 0.6) is 0 Å². The van der Waals surface area contributed by atoms with E-state index < -0.39 is 0 Å². The van der Waals surface area contributed by atoms with E-state index in [9.17, 15) is 0 Å². The zero-order valence-corrected chi connectivity index (χ0v) is 17.4. The van der Waals surface area contributed by atoms with E-state index in [0.29, 0.717) is 0 Å². The van der Waals surface area contributed by atoms with Crippen LogP contribution in [0, 0.1) is 5.92 Å². The quantitative estimate of drug-likeness (QED) is 0.500. The van der Waals surface area contributed by atoms with Gasteiger partial charge in [0, 0.05) is 45.0 Å². The Balaban J connectivity index is 2.53. The number of hydrogen-bond donors (Lipinski definition) is 0. The van der Waals surface area contributed by atoms with Crippen molar-refractivity contribution in [3.05, 3.63) is 36.2 Å². The van der Waals surface area contributed by atoms with Crippen molar-refractivity contribution in [3.63, 3.8) is 0 Å². The summed E-state index contributed by atoms with van der Waals surface area (Å²) in [5.41, 5.74) is 1.35. The molecule has 0 saturated carbocycles. The fourth-order valence-corrected chi connectivity index (χ4v) is 3.24. The smallest absolute Gasteiger partial charge is 0.0363 e. The first-order chi connectivity index (χ1) is 12.1. The van der Waals surface area contributed by atoms with Crippen LogP contribution in [-0.2, 0) is 0 Å². The predicted octanol–water partition coefficient (Wildman–Crippen LogP) is 4.75. The Morgan fingerprint density at radius 3 is 2.44 bits per heavy atom. The minimum Gasteiger partial charge on any atom is -0.376 e. The summed E-state index contributed by atoms with van der Waals surface area (Å²) in [6.07, 6.45) is 16.4. The van der Waals surface area contributed by atoms with E-state index in [1.54, 1.807) is 0 Å². The predicted molar refractivity (Wildman–Crippen MR) is 112 cm³/mol. The zero-order chi connectivity index (χ0) is 18.5. The van der Waals surface area contributed by atoms with Gasteiger partial charge in [-0.15, -0.1) is 0 Å². The monoisotopic (exact) mass is 347 g/mol. The third-order valence-electron chi connectivity index (χ3n) is 5.12. The Bertz CT molecular complexity index is 419. The molecule has 0 aromatic heterocycles. The van der Waals surface area contributed by atoms with Crippen LogP contribution in [0.3, 0.4) is 0 Å². The van der Waals surface area contributed by atoms with E-state index in [4.69, 9.17) is 0 Å². The zero-order valence-electron chi connectivity index (χ0n) is 17.4. The van der Waals surface area contributed by atoms with Crippen LogP contribution in [0.15, 0.2) is 36.2 Å². The summed E-state index contributed by atoms with van der Waals surface area (Å²) in [5, 5.41) is 0. The summed E-state index contributed by atoms with van der Waals surface area (Å²) < 4.78 is 0. The molecule has 1 aliphatic rings.